The van der Waals surface area contributed by atoms with Crippen molar-refractivity contribution < 1.29 is 27.4 Å². The molecule has 0 aliphatic carbocycles. The molecular weight excluding hydrogens is 420 g/mol. The van der Waals surface area contributed by atoms with Crippen LogP contribution in [0, 0.1) is 0 Å². The molecule has 0 atom stereocenters. The van der Waals surface area contributed by atoms with Gasteiger partial charge in [-0.3, -0.25) is 9.10 Å². The van der Waals surface area contributed by atoms with E-state index in [1.165, 1.54) is 20.3 Å². The number of benzene rings is 2. The van der Waals surface area contributed by atoms with Crippen LogP contribution in [-0.4, -0.2) is 54.5 Å². The summed E-state index contributed by atoms with van der Waals surface area (Å²) in [5.74, 6) is 0.959. The molecule has 0 saturated carbocycles. The number of sulfonamides is 1. The molecule has 10 heteroatoms. The van der Waals surface area contributed by atoms with E-state index < -0.39 is 15.9 Å². The van der Waals surface area contributed by atoms with Crippen LogP contribution in [0.15, 0.2) is 42.5 Å². The minimum Gasteiger partial charge on any atom is -0.493 e. The molecule has 0 fully saturated rings. The van der Waals surface area contributed by atoms with E-state index >= 15 is 0 Å². The van der Waals surface area contributed by atoms with E-state index in [9.17, 15) is 13.2 Å². The van der Waals surface area contributed by atoms with Crippen molar-refractivity contribution in [2.75, 3.05) is 44.5 Å². The zero-order valence-corrected chi connectivity index (χ0v) is 17.9. The van der Waals surface area contributed by atoms with E-state index in [4.69, 9.17) is 25.8 Å². The van der Waals surface area contributed by atoms with Gasteiger partial charge >= 0.3 is 0 Å². The average Bonchev–Trinajstić information content (AvgIpc) is 2.69. The van der Waals surface area contributed by atoms with Crippen LogP contribution in [0.1, 0.15) is 0 Å². The van der Waals surface area contributed by atoms with Gasteiger partial charge in [-0.2, -0.15) is 0 Å². The van der Waals surface area contributed by atoms with E-state index in [2.05, 4.69) is 5.32 Å². The van der Waals surface area contributed by atoms with Gasteiger partial charge in [0.25, 0.3) is 0 Å². The number of nitrogens with zero attached hydrogens (tertiary/aromatic N) is 1. The van der Waals surface area contributed by atoms with Crippen LogP contribution in [0.3, 0.4) is 0 Å². The van der Waals surface area contributed by atoms with Gasteiger partial charge in [0, 0.05) is 11.1 Å². The number of rotatable bonds is 10. The lowest BCUT2D eigenvalue weighted by Gasteiger charge is -2.23. The lowest BCUT2D eigenvalue weighted by Crippen LogP contribution is -2.41. The molecule has 2 rings (SSSR count). The van der Waals surface area contributed by atoms with E-state index in [-0.39, 0.29) is 25.4 Å². The molecular formula is C19H23ClN2O6S. The summed E-state index contributed by atoms with van der Waals surface area (Å²) in [6.07, 6.45) is 1.03. The number of halogens is 1. The van der Waals surface area contributed by atoms with Crippen LogP contribution >= 0.6 is 11.6 Å². The van der Waals surface area contributed by atoms with Crippen molar-refractivity contribution in [2.24, 2.45) is 0 Å². The van der Waals surface area contributed by atoms with Crippen molar-refractivity contribution in [2.45, 2.75) is 0 Å². The minimum absolute atomic E-state index is 0.213. The fourth-order valence-electron chi connectivity index (χ4n) is 2.46. The Kier molecular flexibility index (Phi) is 7.98. The van der Waals surface area contributed by atoms with Gasteiger partial charge in [-0.15, -0.1) is 0 Å². The van der Waals surface area contributed by atoms with Crippen molar-refractivity contribution in [1.29, 1.82) is 0 Å². The molecule has 29 heavy (non-hydrogen) atoms. The Balaban J connectivity index is 1.97. The van der Waals surface area contributed by atoms with Gasteiger partial charge < -0.3 is 19.5 Å². The van der Waals surface area contributed by atoms with Gasteiger partial charge in [-0.1, -0.05) is 11.6 Å². The molecule has 2 aromatic rings. The normalized spacial score (nSPS) is 10.9. The minimum atomic E-state index is -3.70. The fourth-order valence-corrected chi connectivity index (χ4v) is 3.43. The largest absolute Gasteiger partial charge is 0.493 e. The first-order valence-electron chi connectivity index (χ1n) is 8.59. The quantitative estimate of drug-likeness (QED) is 0.567. The molecule has 0 radical (unpaired) electrons. The Hall–Kier alpha value is -2.65. The van der Waals surface area contributed by atoms with Crippen molar-refractivity contribution >= 4 is 33.2 Å². The molecule has 2 aromatic carbocycles. The molecule has 0 aromatic heterocycles. The smallest absolute Gasteiger partial charge is 0.240 e. The number of amides is 1. The number of ether oxygens (including phenoxy) is 3. The van der Waals surface area contributed by atoms with Crippen molar-refractivity contribution in [3.05, 3.63) is 47.5 Å². The van der Waals surface area contributed by atoms with E-state index in [1.54, 1.807) is 36.4 Å². The molecule has 1 amide bonds. The van der Waals surface area contributed by atoms with Crippen LogP contribution in [0.25, 0.3) is 0 Å². The monoisotopic (exact) mass is 442 g/mol. The number of methoxy groups -OCH3 is 2. The first-order chi connectivity index (χ1) is 13.7. The Morgan fingerprint density at radius 1 is 1.07 bits per heavy atom. The lowest BCUT2D eigenvalue weighted by molar-refractivity contribution is -0.119. The number of hydrogen-bond donors (Lipinski definition) is 1. The maximum absolute atomic E-state index is 12.3. The topological polar surface area (TPSA) is 94.2 Å². The zero-order chi connectivity index (χ0) is 21.4. The highest BCUT2D eigenvalue weighted by Gasteiger charge is 2.22. The number of nitrogens with one attached hydrogen (secondary N) is 1. The number of hydrogen-bond acceptors (Lipinski definition) is 6. The standard InChI is InChI=1S/C19H23ClN2O6S/c1-26-17-9-6-15(12-18(17)27-2)22(29(3,24)25)13-19(23)21-10-11-28-16-7-4-14(20)5-8-16/h4-9,12H,10-11,13H2,1-3H3,(H,21,23). The molecule has 8 nitrogen and oxygen atoms in total. The van der Waals surface area contributed by atoms with E-state index in [0.29, 0.717) is 22.3 Å². The molecule has 0 unspecified atom stereocenters. The Labute approximate surface area is 175 Å². The number of anilines is 1. The highest BCUT2D eigenvalue weighted by atomic mass is 35.5. The van der Waals surface area contributed by atoms with Crippen molar-refractivity contribution in [3.8, 4) is 17.2 Å². The maximum atomic E-state index is 12.3. The third kappa shape index (κ3) is 6.72. The highest BCUT2D eigenvalue weighted by molar-refractivity contribution is 7.92. The molecule has 158 valence electrons. The summed E-state index contributed by atoms with van der Waals surface area (Å²) in [6, 6.07) is 11.4. The lowest BCUT2D eigenvalue weighted by atomic mass is 10.2. The zero-order valence-electron chi connectivity index (χ0n) is 16.3. The van der Waals surface area contributed by atoms with Crippen molar-refractivity contribution in [3.63, 3.8) is 0 Å². The molecule has 0 heterocycles. The Bertz CT molecular complexity index is 934. The molecule has 0 bridgehead atoms. The Morgan fingerprint density at radius 3 is 2.31 bits per heavy atom. The number of carbonyl (C=O) groups is 1. The fraction of sp³-hybridized carbons (Fsp3) is 0.316. The van der Waals surface area contributed by atoms with Gasteiger partial charge in [-0.25, -0.2) is 8.42 Å². The predicted octanol–water partition coefficient (Wildman–Crippen LogP) is 2.32. The average molecular weight is 443 g/mol. The molecule has 0 aliphatic heterocycles. The third-order valence-corrected chi connectivity index (χ3v) is 5.24. The summed E-state index contributed by atoms with van der Waals surface area (Å²) >= 11 is 5.81. The van der Waals surface area contributed by atoms with Crippen LogP contribution in [0.4, 0.5) is 5.69 Å². The second-order valence-electron chi connectivity index (χ2n) is 5.96. The summed E-state index contributed by atoms with van der Waals surface area (Å²) in [7, 11) is -0.781. The predicted molar refractivity (Wildman–Crippen MR) is 112 cm³/mol. The maximum Gasteiger partial charge on any atom is 0.240 e. The first-order valence-corrected chi connectivity index (χ1v) is 10.8. The molecule has 0 aliphatic rings. The second kappa shape index (κ2) is 10.2. The third-order valence-electron chi connectivity index (χ3n) is 3.85. The first kappa shape index (κ1) is 22.6. The summed E-state index contributed by atoms with van der Waals surface area (Å²) < 4.78 is 41.2. The van der Waals surface area contributed by atoms with Crippen molar-refractivity contribution in [1.82, 2.24) is 5.32 Å². The Morgan fingerprint density at radius 2 is 1.72 bits per heavy atom. The van der Waals surface area contributed by atoms with Crippen LogP contribution in [0.5, 0.6) is 17.2 Å². The van der Waals surface area contributed by atoms with Crippen LogP contribution < -0.4 is 23.8 Å². The van der Waals surface area contributed by atoms with Crippen LogP contribution in [0.2, 0.25) is 5.02 Å². The summed E-state index contributed by atoms with van der Waals surface area (Å²) in [6.45, 7) is 0.0584. The van der Waals surface area contributed by atoms with Gasteiger partial charge in [0.2, 0.25) is 15.9 Å². The summed E-state index contributed by atoms with van der Waals surface area (Å²) in [5.41, 5.74) is 0.290. The van der Waals surface area contributed by atoms with E-state index in [0.717, 1.165) is 10.6 Å². The molecule has 1 N–H and O–H groups in total. The van der Waals surface area contributed by atoms with Gasteiger partial charge in [0.05, 0.1) is 32.7 Å². The second-order valence-corrected chi connectivity index (χ2v) is 8.30. The highest BCUT2D eigenvalue weighted by Crippen LogP contribution is 2.32. The van der Waals surface area contributed by atoms with Gasteiger partial charge in [0.15, 0.2) is 11.5 Å². The van der Waals surface area contributed by atoms with Gasteiger partial charge in [0.1, 0.15) is 18.9 Å². The van der Waals surface area contributed by atoms with Gasteiger partial charge in [-0.05, 0) is 36.4 Å². The van der Waals surface area contributed by atoms with E-state index in [1.807, 2.05) is 0 Å². The molecule has 0 spiro atoms. The molecule has 0 saturated heterocycles. The number of carbonyl (C=O) groups excluding carboxylic acids is 1. The summed E-state index contributed by atoms with van der Waals surface area (Å²) in [5, 5.41) is 3.23. The van der Waals surface area contributed by atoms with Crippen LogP contribution in [-0.2, 0) is 14.8 Å². The SMILES string of the molecule is COc1ccc(N(CC(=O)NCCOc2ccc(Cl)cc2)S(C)(=O)=O)cc1OC. The summed E-state index contributed by atoms with van der Waals surface area (Å²) in [4.78, 5) is 12.3.